The number of hydrogen-bond donors (Lipinski definition) is 1. The van der Waals surface area contributed by atoms with Crippen LogP contribution in [-0.4, -0.2) is 26.2 Å². The van der Waals surface area contributed by atoms with Gasteiger partial charge in [0.1, 0.15) is 5.75 Å². The van der Waals surface area contributed by atoms with E-state index in [1.807, 2.05) is 0 Å². The monoisotopic (exact) mass is 369 g/mol. The maximum Gasteiger partial charge on any atom is 0.265 e. The van der Waals surface area contributed by atoms with Crippen molar-refractivity contribution in [3.8, 4) is 17.2 Å². The van der Waals surface area contributed by atoms with Crippen molar-refractivity contribution in [1.82, 2.24) is 0 Å². The van der Waals surface area contributed by atoms with Crippen molar-refractivity contribution in [1.29, 1.82) is 0 Å². The van der Waals surface area contributed by atoms with Gasteiger partial charge in [0.2, 0.25) is 0 Å². The zero-order valence-electron chi connectivity index (χ0n) is 13.4. The number of halogens is 2. The van der Waals surface area contributed by atoms with Crippen LogP contribution in [0.1, 0.15) is 6.92 Å². The van der Waals surface area contributed by atoms with E-state index in [4.69, 9.17) is 37.4 Å². The van der Waals surface area contributed by atoms with Gasteiger partial charge < -0.3 is 19.5 Å². The van der Waals surface area contributed by atoms with E-state index < -0.39 is 6.10 Å². The quantitative estimate of drug-likeness (QED) is 0.818. The topological polar surface area (TPSA) is 56.8 Å². The van der Waals surface area contributed by atoms with E-state index in [-0.39, 0.29) is 5.91 Å². The molecule has 0 aromatic heterocycles. The van der Waals surface area contributed by atoms with Crippen LogP contribution in [-0.2, 0) is 4.79 Å². The molecule has 0 unspecified atom stereocenters. The van der Waals surface area contributed by atoms with Crippen LogP contribution in [0.2, 0.25) is 10.0 Å². The molecule has 0 saturated carbocycles. The van der Waals surface area contributed by atoms with E-state index in [1.165, 1.54) is 7.11 Å². The van der Waals surface area contributed by atoms with Crippen molar-refractivity contribution in [2.75, 3.05) is 19.5 Å². The van der Waals surface area contributed by atoms with Gasteiger partial charge in [-0.05, 0) is 37.3 Å². The number of methoxy groups -OCH3 is 2. The number of carbonyl (C=O) groups excluding carboxylic acids is 1. The molecule has 0 aliphatic rings. The van der Waals surface area contributed by atoms with Crippen LogP contribution >= 0.6 is 23.2 Å². The van der Waals surface area contributed by atoms with Gasteiger partial charge in [0, 0.05) is 16.8 Å². The molecule has 0 fully saturated rings. The number of carbonyl (C=O) groups is 1. The molecule has 0 saturated heterocycles. The van der Waals surface area contributed by atoms with Crippen LogP contribution in [0.3, 0.4) is 0 Å². The van der Waals surface area contributed by atoms with Gasteiger partial charge in [-0.3, -0.25) is 4.79 Å². The second-order valence-corrected chi connectivity index (χ2v) is 5.74. The molecule has 2 rings (SSSR count). The van der Waals surface area contributed by atoms with Crippen molar-refractivity contribution in [3.63, 3.8) is 0 Å². The summed E-state index contributed by atoms with van der Waals surface area (Å²) >= 11 is 11.9. The number of nitrogens with one attached hydrogen (secondary N) is 1. The first-order chi connectivity index (χ1) is 11.4. The summed E-state index contributed by atoms with van der Waals surface area (Å²) in [6.45, 7) is 1.63. The summed E-state index contributed by atoms with van der Waals surface area (Å²) in [6, 6.07) is 9.89. The Bertz CT molecular complexity index is 737. The van der Waals surface area contributed by atoms with E-state index in [0.717, 1.165) is 0 Å². The second kappa shape index (κ2) is 8.13. The van der Waals surface area contributed by atoms with E-state index in [9.17, 15) is 4.79 Å². The van der Waals surface area contributed by atoms with Gasteiger partial charge in [-0.1, -0.05) is 23.2 Å². The highest BCUT2D eigenvalue weighted by Crippen LogP contribution is 2.30. The Kier molecular flexibility index (Phi) is 6.17. The zero-order valence-corrected chi connectivity index (χ0v) is 14.9. The molecule has 5 nitrogen and oxygen atoms in total. The first-order valence-electron chi connectivity index (χ1n) is 7.09. The molecule has 0 heterocycles. The molecule has 1 amide bonds. The normalized spacial score (nSPS) is 11.5. The fourth-order valence-corrected chi connectivity index (χ4v) is 2.43. The molecule has 0 aliphatic heterocycles. The number of ether oxygens (including phenoxy) is 3. The zero-order chi connectivity index (χ0) is 17.7. The van der Waals surface area contributed by atoms with E-state index in [1.54, 1.807) is 50.4 Å². The Balaban J connectivity index is 2.06. The number of amides is 1. The maximum atomic E-state index is 12.3. The summed E-state index contributed by atoms with van der Waals surface area (Å²) in [4.78, 5) is 12.3. The van der Waals surface area contributed by atoms with E-state index >= 15 is 0 Å². The standard InChI is InChI=1S/C17H17Cl2NO4/c1-10(24-14-6-4-11(18)8-13(14)19)17(21)20-12-5-7-15(22-2)16(9-12)23-3/h4-10H,1-3H3,(H,20,21)/t10-/m0/s1. The molecule has 0 radical (unpaired) electrons. The highest BCUT2D eigenvalue weighted by atomic mass is 35.5. The molecule has 24 heavy (non-hydrogen) atoms. The highest BCUT2D eigenvalue weighted by molar-refractivity contribution is 6.35. The van der Waals surface area contributed by atoms with Gasteiger partial charge in [-0.2, -0.15) is 0 Å². The van der Waals surface area contributed by atoms with Crippen LogP contribution in [0.4, 0.5) is 5.69 Å². The van der Waals surface area contributed by atoms with Crippen LogP contribution in [0.5, 0.6) is 17.2 Å². The third kappa shape index (κ3) is 4.46. The Morgan fingerprint density at radius 3 is 2.29 bits per heavy atom. The fraction of sp³-hybridized carbons (Fsp3) is 0.235. The largest absolute Gasteiger partial charge is 0.493 e. The SMILES string of the molecule is COc1ccc(NC(=O)[C@H](C)Oc2ccc(Cl)cc2Cl)cc1OC. The smallest absolute Gasteiger partial charge is 0.265 e. The summed E-state index contributed by atoms with van der Waals surface area (Å²) in [6.07, 6.45) is -0.753. The lowest BCUT2D eigenvalue weighted by Gasteiger charge is -2.16. The second-order valence-electron chi connectivity index (χ2n) is 4.89. The van der Waals surface area contributed by atoms with Crippen molar-refractivity contribution in [2.24, 2.45) is 0 Å². The number of hydrogen-bond acceptors (Lipinski definition) is 4. The molecule has 0 aliphatic carbocycles. The summed E-state index contributed by atoms with van der Waals surface area (Å²) in [7, 11) is 3.07. The molecule has 2 aromatic carbocycles. The van der Waals surface area contributed by atoms with Gasteiger partial charge in [0.25, 0.3) is 5.91 Å². The Hall–Kier alpha value is -2.11. The first kappa shape index (κ1) is 18.2. The number of rotatable bonds is 6. The molecule has 7 heteroatoms. The minimum Gasteiger partial charge on any atom is -0.493 e. The molecule has 0 spiro atoms. The van der Waals surface area contributed by atoms with E-state index in [2.05, 4.69) is 5.32 Å². The van der Waals surface area contributed by atoms with Gasteiger partial charge in [-0.15, -0.1) is 0 Å². The van der Waals surface area contributed by atoms with Gasteiger partial charge in [0.15, 0.2) is 17.6 Å². The predicted octanol–water partition coefficient (Wildman–Crippen LogP) is 4.42. The summed E-state index contributed by atoms with van der Waals surface area (Å²) in [5.41, 5.74) is 0.565. The maximum absolute atomic E-state index is 12.3. The van der Waals surface area contributed by atoms with Crippen molar-refractivity contribution in [3.05, 3.63) is 46.4 Å². The Morgan fingerprint density at radius 1 is 1.00 bits per heavy atom. The van der Waals surface area contributed by atoms with Gasteiger partial charge in [0.05, 0.1) is 19.2 Å². The summed E-state index contributed by atoms with van der Waals surface area (Å²) < 4.78 is 15.9. The molecular weight excluding hydrogens is 353 g/mol. The first-order valence-corrected chi connectivity index (χ1v) is 7.84. The highest BCUT2D eigenvalue weighted by Gasteiger charge is 2.17. The number of benzene rings is 2. The van der Waals surface area contributed by atoms with Gasteiger partial charge in [-0.25, -0.2) is 0 Å². The molecule has 1 atom stereocenters. The summed E-state index contributed by atoms with van der Waals surface area (Å²) in [5.74, 6) is 1.15. The van der Waals surface area contributed by atoms with E-state index in [0.29, 0.717) is 33.0 Å². The van der Waals surface area contributed by atoms with Crippen LogP contribution in [0.15, 0.2) is 36.4 Å². The Morgan fingerprint density at radius 2 is 1.67 bits per heavy atom. The lowest BCUT2D eigenvalue weighted by atomic mass is 10.2. The van der Waals surface area contributed by atoms with Crippen LogP contribution in [0.25, 0.3) is 0 Å². The predicted molar refractivity (Wildman–Crippen MR) is 94.7 cm³/mol. The molecule has 1 N–H and O–H groups in total. The lowest BCUT2D eigenvalue weighted by molar-refractivity contribution is -0.122. The van der Waals surface area contributed by atoms with Crippen LogP contribution in [0, 0.1) is 0 Å². The van der Waals surface area contributed by atoms with Crippen molar-refractivity contribution >= 4 is 34.8 Å². The minimum absolute atomic E-state index is 0.326. The molecular formula is C17H17Cl2NO4. The molecule has 128 valence electrons. The van der Waals surface area contributed by atoms with Crippen molar-refractivity contribution < 1.29 is 19.0 Å². The fourth-order valence-electron chi connectivity index (χ4n) is 1.97. The number of anilines is 1. The Labute approximate surface area is 150 Å². The third-order valence-corrected chi connectivity index (χ3v) is 3.75. The molecule has 2 aromatic rings. The summed E-state index contributed by atoms with van der Waals surface area (Å²) in [5, 5.41) is 3.59. The van der Waals surface area contributed by atoms with Crippen LogP contribution < -0.4 is 19.5 Å². The average molecular weight is 370 g/mol. The average Bonchev–Trinajstić information content (AvgIpc) is 2.57. The molecule has 0 bridgehead atoms. The third-order valence-electron chi connectivity index (χ3n) is 3.22. The van der Waals surface area contributed by atoms with Crippen molar-refractivity contribution in [2.45, 2.75) is 13.0 Å². The van der Waals surface area contributed by atoms with Gasteiger partial charge >= 0.3 is 0 Å². The lowest BCUT2D eigenvalue weighted by Crippen LogP contribution is -2.30. The minimum atomic E-state index is -0.753.